The van der Waals surface area contributed by atoms with Crippen molar-refractivity contribution in [1.82, 2.24) is 9.88 Å². The molecule has 0 spiro atoms. The molecule has 21 heavy (non-hydrogen) atoms. The van der Waals surface area contributed by atoms with Crippen LogP contribution in [0.15, 0.2) is 30.3 Å². The van der Waals surface area contributed by atoms with Crippen molar-refractivity contribution in [1.29, 1.82) is 0 Å². The molecule has 1 heterocycles. The van der Waals surface area contributed by atoms with Crippen molar-refractivity contribution in [2.75, 3.05) is 32.1 Å². The lowest BCUT2D eigenvalue weighted by atomic mass is 10.1. The Hall–Kier alpha value is -1.32. The van der Waals surface area contributed by atoms with Crippen LogP contribution in [0.1, 0.15) is 19.5 Å². The Bertz CT molecular complexity index is 598. The molecule has 2 aromatic rings. The average Bonchev–Trinajstić information content (AvgIpc) is 2.46. The van der Waals surface area contributed by atoms with Crippen LogP contribution >= 0.6 is 11.6 Å². The summed E-state index contributed by atoms with van der Waals surface area (Å²) in [5.41, 5.74) is 3.18. The number of nitrogens with zero attached hydrogens (tertiary/aromatic N) is 3. The van der Waals surface area contributed by atoms with E-state index in [0.29, 0.717) is 11.9 Å². The van der Waals surface area contributed by atoms with Crippen LogP contribution < -0.4 is 4.90 Å². The van der Waals surface area contributed by atoms with Crippen LogP contribution in [0.4, 0.5) is 5.69 Å². The molecule has 114 valence electrons. The van der Waals surface area contributed by atoms with Crippen LogP contribution in [0.2, 0.25) is 0 Å². The number of hydrogen-bond acceptors (Lipinski definition) is 3. The summed E-state index contributed by atoms with van der Waals surface area (Å²) >= 11 is 6.02. The number of fused-ring (bicyclic) bond motifs is 1. The summed E-state index contributed by atoms with van der Waals surface area (Å²) in [4.78, 5) is 9.27. The smallest absolute Gasteiger partial charge is 0.0726 e. The minimum atomic E-state index is 0.430. The molecule has 4 heteroatoms. The van der Waals surface area contributed by atoms with Crippen molar-refractivity contribution in [3.8, 4) is 0 Å². The van der Waals surface area contributed by atoms with Gasteiger partial charge in [-0.2, -0.15) is 0 Å². The molecule has 3 nitrogen and oxygen atoms in total. The highest BCUT2D eigenvalue weighted by Crippen LogP contribution is 2.28. The van der Waals surface area contributed by atoms with E-state index in [2.05, 4.69) is 67.0 Å². The number of anilines is 1. The Balaban J connectivity index is 2.51. The van der Waals surface area contributed by atoms with Crippen LogP contribution in [0, 0.1) is 0 Å². The largest absolute Gasteiger partial charge is 0.367 e. The molecule has 0 radical (unpaired) electrons. The third-order valence-corrected chi connectivity index (χ3v) is 3.97. The number of alkyl halides is 1. The van der Waals surface area contributed by atoms with E-state index in [-0.39, 0.29) is 0 Å². The standard InChI is InChI=1S/C17H24ClN3/c1-5-21(13(2)12-20(3)4)17-10-14(11-18)19-16-9-7-6-8-15(16)17/h6-10,13H,5,11-12H2,1-4H3. The van der Waals surface area contributed by atoms with Gasteiger partial charge in [-0.15, -0.1) is 11.6 Å². The van der Waals surface area contributed by atoms with Gasteiger partial charge in [-0.25, -0.2) is 0 Å². The SMILES string of the molecule is CCN(c1cc(CCl)nc2ccccc12)C(C)CN(C)C. The molecule has 0 saturated carbocycles. The minimum Gasteiger partial charge on any atom is -0.367 e. The quantitative estimate of drug-likeness (QED) is 0.758. The molecular formula is C17H24ClN3. The topological polar surface area (TPSA) is 19.4 Å². The van der Waals surface area contributed by atoms with Gasteiger partial charge in [-0.3, -0.25) is 4.98 Å². The molecule has 0 aliphatic rings. The predicted octanol–water partition coefficient (Wildman–Crippen LogP) is 3.75. The van der Waals surface area contributed by atoms with Gasteiger partial charge in [0.2, 0.25) is 0 Å². The second-order valence-electron chi connectivity index (χ2n) is 5.68. The highest BCUT2D eigenvalue weighted by atomic mass is 35.5. The van der Waals surface area contributed by atoms with Crippen LogP contribution in [-0.4, -0.2) is 43.1 Å². The van der Waals surface area contributed by atoms with E-state index in [1.54, 1.807) is 0 Å². The van der Waals surface area contributed by atoms with Gasteiger partial charge in [0.15, 0.2) is 0 Å². The summed E-state index contributed by atoms with van der Waals surface area (Å²) in [5, 5.41) is 1.19. The molecule has 0 amide bonds. The number of hydrogen-bond donors (Lipinski definition) is 0. The van der Waals surface area contributed by atoms with Crippen molar-refractivity contribution < 1.29 is 0 Å². The minimum absolute atomic E-state index is 0.430. The van der Waals surface area contributed by atoms with Gasteiger partial charge in [0.05, 0.1) is 17.1 Å². The highest BCUT2D eigenvalue weighted by molar-refractivity contribution is 6.17. The number of pyridine rings is 1. The van der Waals surface area contributed by atoms with E-state index in [0.717, 1.165) is 24.3 Å². The number of benzene rings is 1. The highest BCUT2D eigenvalue weighted by Gasteiger charge is 2.17. The van der Waals surface area contributed by atoms with E-state index >= 15 is 0 Å². The second kappa shape index (κ2) is 7.10. The van der Waals surface area contributed by atoms with Gasteiger partial charge in [-0.05, 0) is 40.1 Å². The molecule has 0 saturated heterocycles. The summed E-state index contributed by atoms with van der Waals surface area (Å²) in [6.45, 7) is 6.44. The van der Waals surface area contributed by atoms with Gasteiger partial charge < -0.3 is 9.80 Å². The zero-order valence-electron chi connectivity index (χ0n) is 13.3. The van der Waals surface area contributed by atoms with Crippen LogP contribution in [-0.2, 0) is 5.88 Å². The fourth-order valence-corrected chi connectivity index (χ4v) is 3.00. The third-order valence-electron chi connectivity index (χ3n) is 3.70. The predicted molar refractivity (Wildman–Crippen MR) is 92.3 cm³/mol. The first kappa shape index (κ1) is 16.1. The Kier molecular flexibility index (Phi) is 5.43. The lowest BCUT2D eigenvalue weighted by Crippen LogP contribution is -2.40. The number of rotatable bonds is 6. The number of halogens is 1. The molecule has 0 aliphatic heterocycles. The first-order valence-electron chi connectivity index (χ1n) is 7.42. The summed E-state index contributed by atoms with van der Waals surface area (Å²) in [7, 11) is 4.22. The number of aromatic nitrogens is 1. The average molecular weight is 306 g/mol. The third kappa shape index (κ3) is 3.66. The second-order valence-corrected chi connectivity index (χ2v) is 5.95. The Morgan fingerprint density at radius 3 is 2.57 bits per heavy atom. The summed E-state index contributed by atoms with van der Waals surface area (Å²) in [6.07, 6.45) is 0. The maximum atomic E-state index is 6.02. The van der Waals surface area contributed by atoms with Gasteiger partial charge in [0.25, 0.3) is 0 Å². The summed E-state index contributed by atoms with van der Waals surface area (Å²) in [5.74, 6) is 0.442. The van der Waals surface area contributed by atoms with E-state index in [9.17, 15) is 0 Å². The lowest BCUT2D eigenvalue weighted by Gasteiger charge is -2.33. The molecule has 1 aromatic carbocycles. The fourth-order valence-electron chi connectivity index (χ4n) is 2.86. The van der Waals surface area contributed by atoms with E-state index in [1.165, 1.54) is 11.1 Å². The van der Waals surface area contributed by atoms with Gasteiger partial charge in [0.1, 0.15) is 0 Å². The summed E-state index contributed by atoms with van der Waals surface area (Å²) in [6, 6.07) is 10.8. The van der Waals surface area contributed by atoms with E-state index in [4.69, 9.17) is 11.6 Å². The van der Waals surface area contributed by atoms with Crippen molar-refractivity contribution in [3.63, 3.8) is 0 Å². The van der Waals surface area contributed by atoms with Gasteiger partial charge in [-0.1, -0.05) is 18.2 Å². The normalized spacial score (nSPS) is 12.9. The molecular weight excluding hydrogens is 282 g/mol. The van der Waals surface area contributed by atoms with Gasteiger partial charge in [0, 0.05) is 30.2 Å². The first-order valence-corrected chi connectivity index (χ1v) is 7.96. The fraction of sp³-hybridized carbons (Fsp3) is 0.471. The van der Waals surface area contributed by atoms with Crippen molar-refractivity contribution in [2.24, 2.45) is 0 Å². The Labute approximate surface area is 132 Å². The molecule has 1 unspecified atom stereocenters. The van der Waals surface area contributed by atoms with Crippen LogP contribution in [0.25, 0.3) is 10.9 Å². The zero-order valence-corrected chi connectivity index (χ0v) is 14.1. The zero-order chi connectivity index (χ0) is 15.4. The Morgan fingerprint density at radius 1 is 1.24 bits per heavy atom. The molecule has 0 bridgehead atoms. The number of likely N-dealkylation sites (N-methyl/N-ethyl adjacent to an activating group) is 2. The molecule has 0 aliphatic carbocycles. The van der Waals surface area contributed by atoms with E-state index < -0.39 is 0 Å². The maximum absolute atomic E-state index is 6.02. The molecule has 1 aromatic heterocycles. The van der Waals surface area contributed by atoms with E-state index in [1.807, 2.05) is 6.07 Å². The Morgan fingerprint density at radius 2 is 1.95 bits per heavy atom. The monoisotopic (exact) mass is 305 g/mol. The van der Waals surface area contributed by atoms with Crippen LogP contribution in [0.3, 0.4) is 0 Å². The molecule has 2 rings (SSSR count). The first-order chi connectivity index (χ1) is 10.1. The lowest BCUT2D eigenvalue weighted by molar-refractivity contribution is 0.373. The summed E-state index contributed by atoms with van der Waals surface area (Å²) < 4.78 is 0. The van der Waals surface area contributed by atoms with Gasteiger partial charge >= 0.3 is 0 Å². The molecule has 0 fully saturated rings. The van der Waals surface area contributed by atoms with Crippen molar-refractivity contribution in [3.05, 3.63) is 36.0 Å². The maximum Gasteiger partial charge on any atom is 0.0726 e. The molecule has 0 N–H and O–H groups in total. The van der Waals surface area contributed by atoms with Crippen molar-refractivity contribution >= 4 is 28.2 Å². The number of para-hydroxylation sites is 1. The molecule has 1 atom stereocenters. The van der Waals surface area contributed by atoms with Crippen LogP contribution in [0.5, 0.6) is 0 Å². The van der Waals surface area contributed by atoms with Crippen molar-refractivity contribution in [2.45, 2.75) is 25.8 Å².